The quantitative estimate of drug-likeness (QED) is 0.346. The van der Waals surface area contributed by atoms with Crippen LogP contribution >= 0.6 is 0 Å². The molecule has 0 aliphatic carbocycles. The number of primary amides is 1. The van der Waals surface area contributed by atoms with Crippen LogP contribution in [0.4, 0.5) is 4.79 Å². The summed E-state index contributed by atoms with van der Waals surface area (Å²) in [7, 11) is 0. The summed E-state index contributed by atoms with van der Waals surface area (Å²) in [6.45, 7) is 2.21. The van der Waals surface area contributed by atoms with Crippen LogP contribution in [0.3, 0.4) is 0 Å². The molecule has 1 aromatic rings. The molecule has 17 heavy (non-hydrogen) atoms. The van der Waals surface area contributed by atoms with Gasteiger partial charge in [0.1, 0.15) is 0 Å². The Morgan fingerprint density at radius 1 is 1.53 bits per heavy atom. The molecule has 2 amide bonds. The van der Waals surface area contributed by atoms with Gasteiger partial charge in [0.25, 0.3) is 0 Å². The van der Waals surface area contributed by atoms with E-state index in [1.807, 2.05) is 18.2 Å². The molecule has 0 aliphatic rings. The van der Waals surface area contributed by atoms with Crippen molar-refractivity contribution in [3.63, 3.8) is 0 Å². The number of benzene rings is 1. The molecular formula is C12H17N3OTe. The molecule has 92 valence electrons. The SMILES string of the molecule is CCCC[Te]c1ccccc1C=NNC(N)=O. The molecule has 0 spiro atoms. The van der Waals surface area contributed by atoms with Crippen LogP contribution in [0.25, 0.3) is 0 Å². The zero-order valence-corrected chi connectivity index (χ0v) is 12.2. The number of carbonyl (C=O) groups excluding carboxylic acids is 1. The molecule has 0 saturated heterocycles. The number of carbonyl (C=O) groups is 1. The van der Waals surface area contributed by atoms with Gasteiger partial charge in [-0.15, -0.1) is 0 Å². The van der Waals surface area contributed by atoms with Crippen molar-refractivity contribution in [1.82, 2.24) is 5.43 Å². The molecule has 5 heteroatoms. The molecule has 4 nitrogen and oxygen atoms in total. The van der Waals surface area contributed by atoms with Gasteiger partial charge in [0.05, 0.1) is 0 Å². The van der Waals surface area contributed by atoms with Gasteiger partial charge in [-0.25, -0.2) is 0 Å². The Kier molecular flexibility index (Phi) is 6.68. The first-order valence-electron chi connectivity index (χ1n) is 5.54. The summed E-state index contributed by atoms with van der Waals surface area (Å²) in [5.41, 5.74) is 8.23. The second kappa shape index (κ2) is 8.10. The van der Waals surface area contributed by atoms with Crippen LogP contribution in [0, 0.1) is 0 Å². The van der Waals surface area contributed by atoms with Crippen molar-refractivity contribution in [3.8, 4) is 0 Å². The van der Waals surface area contributed by atoms with E-state index in [1.54, 1.807) is 6.21 Å². The number of nitrogens with one attached hydrogen (secondary N) is 1. The van der Waals surface area contributed by atoms with Crippen molar-refractivity contribution in [3.05, 3.63) is 29.8 Å². The summed E-state index contributed by atoms with van der Waals surface area (Å²) in [5, 5.41) is 3.80. The van der Waals surface area contributed by atoms with Crippen molar-refractivity contribution in [2.75, 3.05) is 0 Å². The van der Waals surface area contributed by atoms with E-state index in [9.17, 15) is 4.79 Å². The monoisotopic (exact) mass is 349 g/mol. The van der Waals surface area contributed by atoms with Gasteiger partial charge in [0.2, 0.25) is 0 Å². The van der Waals surface area contributed by atoms with Crippen LogP contribution in [0.15, 0.2) is 29.4 Å². The first-order chi connectivity index (χ1) is 8.24. The molecule has 3 N–H and O–H groups in total. The van der Waals surface area contributed by atoms with Gasteiger partial charge >= 0.3 is 112 Å². The first-order valence-corrected chi connectivity index (χ1v) is 8.35. The number of hydrazone groups is 1. The number of rotatable bonds is 6. The fraction of sp³-hybridized carbons (Fsp3) is 0.333. The van der Waals surface area contributed by atoms with Crippen LogP contribution in [-0.4, -0.2) is 33.2 Å². The molecule has 0 saturated carbocycles. The van der Waals surface area contributed by atoms with E-state index in [4.69, 9.17) is 5.73 Å². The molecule has 0 heterocycles. The standard InChI is InChI=1S/C12H17N3OTe/c1-2-3-8-17-11-7-5-4-6-10(11)9-14-15-12(13)16/h4-7,9H,2-3,8H2,1H3,(H3,13,15,16). The number of unbranched alkanes of at least 4 members (excludes halogenated alkanes) is 1. The van der Waals surface area contributed by atoms with Crippen molar-refractivity contribution >= 4 is 36.8 Å². The van der Waals surface area contributed by atoms with Crippen LogP contribution in [0.2, 0.25) is 4.47 Å². The van der Waals surface area contributed by atoms with Crippen LogP contribution < -0.4 is 14.8 Å². The number of nitrogens with two attached hydrogens (primary N) is 1. The average molecular weight is 347 g/mol. The van der Waals surface area contributed by atoms with E-state index >= 15 is 0 Å². The van der Waals surface area contributed by atoms with Gasteiger partial charge in [0.15, 0.2) is 0 Å². The van der Waals surface area contributed by atoms with Gasteiger partial charge < -0.3 is 0 Å². The average Bonchev–Trinajstić information content (AvgIpc) is 2.31. The number of urea groups is 1. The first kappa shape index (κ1) is 14.0. The Morgan fingerprint density at radius 3 is 3.00 bits per heavy atom. The molecule has 1 aromatic carbocycles. The van der Waals surface area contributed by atoms with E-state index in [1.165, 1.54) is 20.9 Å². The molecule has 0 aliphatic heterocycles. The molecule has 0 unspecified atom stereocenters. The van der Waals surface area contributed by atoms with Crippen molar-refractivity contribution in [1.29, 1.82) is 0 Å². The summed E-state index contributed by atoms with van der Waals surface area (Å²) in [4.78, 5) is 10.5. The summed E-state index contributed by atoms with van der Waals surface area (Å²) in [5.74, 6) is 0. The molecule has 0 aromatic heterocycles. The van der Waals surface area contributed by atoms with Gasteiger partial charge in [-0.1, -0.05) is 0 Å². The minimum atomic E-state index is -0.638. The zero-order valence-electron chi connectivity index (χ0n) is 9.85. The van der Waals surface area contributed by atoms with Crippen LogP contribution in [-0.2, 0) is 0 Å². The van der Waals surface area contributed by atoms with Crippen molar-refractivity contribution in [2.45, 2.75) is 24.2 Å². The fourth-order valence-corrected chi connectivity index (χ4v) is 4.39. The topological polar surface area (TPSA) is 67.5 Å². The summed E-state index contributed by atoms with van der Waals surface area (Å²) >= 11 is -0.153. The van der Waals surface area contributed by atoms with E-state index in [0.717, 1.165) is 5.56 Å². The second-order valence-corrected chi connectivity index (χ2v) is 6.72. The van der Waals surface area contributed by atoms with Crippen LogP contribution in [0.1, 0.15) is 25.3 Å². The molecule has 0 bridgehead atoms. The van der Waals surface area contributed by atoms with E-state index in [2.05, 4.69) is 23.5 Å². The Hall–Kier alpha value is -1.05. The summed E-state index contributed by atoms with van der Waals surface area (Å²) in [6.07, 6.45) is 4.19. The van der Waals surface area contributed by atoms with Crippen molar-refractivity contribution < 1.29 is 4.79 Å². The fourth-order valence-electron chi connectivity index (χ4n) is 1.21. The van der Waals surface area contributed by atoms with E-state index in [0.29, 0.717) is 0 Å². The third-order valence-corrected chi connectivity index (χ3v) is 5.41. The second-order valence-electron chi connectivity index (χ2n) is 3.47. The third kappa shape index (κ3) is 5.71. The molecule has 0 radical (unpaired) electrons. The predicted octanol–water partition coefficient (Wildman–Crippen LogP) is 1.24. The Labute approximate surface area is 112 Å². The molecule has 0 atom stereocenters. The van der Waals surface area contributed by atoms with Gasteiger partial charge in [-0.2, -0.15) is 0 Å². The maximum atomic E-state index is 10.5. The number of nitrogens with zero attached hydrogens (tertiary/aromatic N) is 1. The normalized spacial score (nSPS) is 10.6. The Balaban J connectivity index is 2.63. The Bertz CT molecular complexity index is 393. The Morgan fingerprint density at radius 2 is 2.29 bits per heavy atom. The van der Waals surface area contributed by atoms with Gasteiger partial charge in [0, 0.05) is 0 Å². The molecule has 1 rings (SSSR count). The maximum absolute atomic E-state index is 10.5. The third-order valence-electron chi connectivity index (χ3n) is 2.05. The van der Waals surface area contributed by atoms with Gasteiger partial charge in [-0.05, 0) is 0 Å². The molecular weight excluding hydrogens is 330 g/mol. The zero-order chi connectivity index (χ0) is 12.5. The van der Waals surface area contributed by atoms with Gasteiger partial charge in [-0.3, -0.25) is 0 Å². The van der Waals surface area contributed by atoms with E-state index < -0.39 is 6.03 Å². The summed E-state index contributed by atoms with van der Waals surface area (Å²) in [6, 6.07) is 7.54. The molecule has 0 fully saturated rings. The number of hydrogen-bond acceptors (Lipinski definition) is 2. The minimum absolute atomic E-state index is 0.153. The predicted molar refractivity (Wildman–Crippen MR) is 71.9 cm³/mol. The van der Waals surface area contributed by atoms with Crippen molar-refractivity contribution in [2.24, 2.45) is 10.8 Å². The van der Waals surface area contributed by atoms with E-state index in [-0.39, 0.29) is 20.9 Å². The van der Waals surface area contributed by atoms with Crippen LogP contribution in [0.5, 0.6) is 0 Å². The number of amides is 2. The number of hydrogen-bond donors (Lipinski definition) is 2. The summed E-state index contributed by atoms with van der Waals surface area (Å²) < 4.78 is 2.68.